The molecule has 150 valence electrons. The zero-order valence-electron chi connectivity index (χ0n) is 16.8. The highest BCUT2D eigenvalue weighted by Gasteiger charge is 2.18. The van der Waals surface area contributed by atoms with Crippen molar-refractivity contribution < 1.29 is 14.3 Å². The molecule has 3 rings (SSSR count). The second kappa shape index (κ2) is 9.47. The van der Waals surface area contributed by atoms with E-state index in [0.717, 1.165) is 21.7 Å². The van der Waals surface area contributed by atoms with E-state index in [4.69, 9.17) is 4.74 Å². The van der Waals surface area contributed by atoms with E-state index >= 15 is 0 Å². The Morgan fingerprint density at radius 3 is 2.31 bits per heavy atom. The van der Waals surface area contributed by atoms with Gasteiger partial charge >= 0.3 is 5.97 Å². The Labute approximate surface area is 174 Å². The predicted molar refractivity (Wildman–Crippen MR) is 115 cm³/mol. The minimum atomic E-state index is -0.858. The summed E-state index contributed by atoms with van der Waals surface area (Å²) < 4.78 is 5.27. The molecule has 1 N–H and O–H groups in total. The van der Waals surface area contributed by atoms with Crippen molar-refractivity contribution in [2.75, 3.05) is 0 Å². The van der Waals surface area contributed by atoms with E-state index in [0.29, 0.717) is 12.2 Å². The molecule has 2 aromatic carbocycles. The first-order valence-corrected chi connectivity index (χ1v) is 10.3. The summed E-state index contributed by atoms with van der Waals surface area (Å²) in [6.07, 6.45) is -0.819. The maximum absolute atomic E-state index is 12.2. The van der Waals surface area contributed by atoms with Crippen molar-refractivity contribution in [1.82, 2.24) is 10.3 Å². The number of carbonyl (C=O) groups excluding carboxylic acids is 2. The average Bonchev–Trinajstić information content (AvgIpc) is 3.16. The zero-order valence-corrected chi connectivity index (χ0v) is 17.6. The lowest BCUT2D eigenvalue weighted by molar-refractivity contribution is -0.154. The molecule has 1 atom stereocenters. The molecular weight excluding hydrogens is 384 g/mol. The molecule has 3 aromatic rings. The van der Waals surface area contributed by atoms with Crippen LogP contribution in [0.4, 0.5) is 0 Å². The lowest BCUT2D eigenvalue weighted by atomic mass is 10.1. The number of hydrogen-bond donors (Lipinski definition) is 1. The van der Waals surface area contributed by atoms with Crippen LogP contribution < -0.4 is 5.32 Å². The van der Waals surface area contributed by atoms with Crippen LogP contribution in [0.3, 0.4) is 0 Å². The molecule has 0 spiro atoms. The van der Waals surface area contributed by atoms with Crippen molar-refractivity contribution in [2.24, 2.45) is 0 Å². The van der Waals surface area contributed by atoms with Crippen LogP contribution in [0.1, 0.15) is 29.3 Å². The number of aromatic nitrogens is 1. The van der Waals surface area contributed by atoms with Crippen LogP contribution in [0, 0.1) is 13.8 Å². The monoisotopic (exact) mass is 408 g/mol. The van der Waals surface area contributed by atoms with Crippen molar-refractivity contribution in [3.8, 4) is 10.6 Å². The first kappa shape index (κ1) is 20.7. The summed E-state index contributed by atoms with van der Waals surface area (Å²) >= 11 is 1.48. The topological polar surface area (TPSA) is 68.3 Å². The number of amides is 1. The van der Waals surface area contributed by atoms with Crippen LogP contribution in [0.5, 0.6) is 0 Å². The molecule has 29 heavy (non-hydrogen) atoms. The summed E-state index contributed by atoms with van der Waals surface area (Å²) in [5.74, 6) is -0.790. The van der Waals surface area contributed by atoms with Crippen LogP contribution in [-0.2, 0) is 27.3 Å². The Morgan fingerprint density at radius 2 is 1.66 bits per heavy atom. The number of nitrogens with zero attached hydrogens (tertiary/aromatic N) is 1. The molecule has 0 unspecified atom stereocenters. The number of hydrogen-bond acceptors (Lipinski definition) is 5. The van der Waals surface area contributed by atoms with Gasteiger partial charge in [-0.25, -0.2) is 4.98 Å². The fraction of sp³-hybridized carbons (Fsp3) is 0.261. The van der Waals surface area contributed by atoms with Crippen molar-refractivity contribution in [3.05, 3.63) is 76.3 Å². The van der Waals surface area contributed by atoms with E-state index < -0.39 is 12.1 Å². The summed E-state index contributed by atoms with van der Waals surface area (Å²) in [4.78, 5) is 28.9. The number of carbonyl (C=O) groups is 2. The number of rotatable bonds is 7. The summed E-state index contributed by atoms with van der Waals surface area (Å²) in [6, 6.07) is 16.0. The molecule has 0 fully saturated rings. The molecule has 0 saturated carbocycles. The number of benzene rings is 2. The molecule has 0 saturated heterocycles. The van der Waals surface area contributed by atoms with E-state index in [1.807, 2.05) is 67.8 Å². The smallest absolute Gasteiger partial charge is 0.312 e. The standard InChI is InChI=1S/C23H24N2O3S/c1-15-4-8-18(9-5-15)13-24-22(27)17(3)28-21(26)12-20-14-29-23(25-20)19-10-6-16(2)7-11-19/h4-11,14,17H,12-13H2,1-3H3,(H,24,27)/t17-/m1/s1. The Hall–Kier alpha value is -2.99. The largest absolute Gasteiger partial charge is 0.452 e. The van der Waals surface area contributed by atoms with Gasteiger partial charge in [0.05, 0.1) is 12.1 Å². The van der Waals surface area contributed by atoms with E-state index in [-0.39, 0.29) is 12.3 Å². The second-order valence-corrected chi connectivity index (χ2v) is 7.88. The number of esters is 1. The molecule has 1 amide bonds. The van der Waals surface area contributed by atoms with Gasteiger partial charge in [-0.3, -0.25) is 9.59 Å². The van der Waals surface area contributed by atoms with Crippen molar-refractivity contribution in [2.45, 2.75) is 39.8 Å². The summed E-state index contributed by atoms with van der Waals surface area (Å²) in [5, 5.41) is 5.49. The van der Waals surface area contributed by atoms with Gasteiger partial charge in [0.1, 0.15) is 5.01 Å². The van der Waals surface area contributed by atoms with Gasteiger partial charge in [0.15, 0.2) is 6.10 Å². The molecule has 0 aliphatic heterocycles. The Morgan fingerprint density at radius 1 is 1.03 bits per heavy atom. The Bertz CT molecular complexity index is 978. The summed E-state index contributed by atoms with van der Waals surface area (Å²) in [6.45, 7) is 6.01. The molecule has 1 aromatic heterocycles. The van der Waals surface area contributed by atoms with Gasteiger partial charge in [0, 0.05) is 17.5 Å². The van der Waals surface area contributed by atoms with Gasteiger partial charge in [-0.05, 0) is 26.3 Å². The van der Waals surface area contributed by atoms with Gasteiger partial charge < -0.3 is 10.1 Å². The van der Waals surface area contributed by atoms with Crippen LogP contribution in [0.25, 0.3) is 10.6 Å². The molecule has 5 nitrogen and oxygen atoms in total. The minimum Gasteiger partial charge on any atom is -0.452 e. The van der Waals surface area contributed by atoms with Crippen molar-refractivity contribution >= 4 is 23.2 Å². The first-order valence-electron chi connectivity index (χ1n) is 9.45. The van der Waals surface area contributed by atoms with Gasteiger partial charge in [-0.2, -0.15) is 0 Å². The lowest BCUT2D eigenvalue weighted by Gasteiger charge is -2.13. The predicted octanol–water partition coefficient (Wildman–Crippen LogP) is 4.22. The van der Waals surface area contributed by atoms with Crippen LogP contribution in [0.2, 0.25) is 0 Å². The number of aryl methyl sites for hydroxylation is 2. The van der Waals surface area contributed by atoms with Crippen molar-refractivity contribution in [1.29, 1.82) is 0 Å². The molecule has 6 heteroatoms. The third-order valence-corrected chi connectivity index (χ3v) is 5.38. The molecule has 0 aliphatic rings. The fourth-order valence-electron chi connectivity index (χ4n) is 2.70. The van der Waals surface area contributed by atoms with Crippen LogP contribution in [-0.4, -0.2) is 23.0 Å². The van der Waals surface area contributed by atoms with Gasteiger partial charge in [0.25, 0.3) is 5.91 Å². The highest BCUT2D eigenvalue weighted by molar-refractivity contribution is 7.13. The van der Waals surface area contributed by atoms with Gasteiger partial charge in [0.2, 0.25) is 0 Å². The number of nitrogens with one attached hydrogen (secondary N) is 1. The lowest BCUT2D eigenvalue weighted by Crippen LogP contribution is -2.35. The molecule has 1 heterocycles. The quantitative estimate of drug-likeness (QED) is 0.595. The zero-order chi connectivity index (χ0) is 20.8. The molecular formula is C23H24N2O3S. The van der Waals surface area contributed by atoms with E-state index in [1.165, 1.54) is 16.9 Å². The molecule has 0 bridgehead atoms. The summed E-state index contributed by atoms with van der Waals surface area (Å²) in [7, 11) is 0. The minimum absolute atomic E-state index is 0.0396. The summed E-state index contributed by atoms with van der Waals surface area (Å²) in [5.41, 5.74) is 5.00. The maximum Gasteiger partial charge on any atom is 0.312 e. The Balaban J connectivity index is 1.48. The first-order chi connectivity index (χ1) is 13.9. The SMILES string of the molecule is Cc1ccc(CNC(=O)[C@@H](C)OC(=O)Cc2csc(-c3ccc(C)cc3)n2)cc1. The highest BCUT2D eigenvalue weighted by Crippen LogP contribution is 2.24. The fourth-order valence-corrected chi connectivity index (χ4v) is 3.52. The van der Waals surface area contributed by atoms with Gasteiger partial charge in [-0.1, -0.05) is 59.7 Å². The van der Waals surface area contributed by atoms with Gasteiger partial charge in [-0.15, -0.1) is 11.3 Å². The van der Waals surface area contributed by atoms with E-state index in [2.05, 4.69) is 10.3 Å². The third-order valence-electron chi connectivity index (χ3n) is 4.44. The molecule has 0 radical (unpaired) electrons. The highest BCUT2D eigenvalue weighted by atomic mass is 32.1. The normalized spacial score (nSPS) is 11.7. The van der Waals surface area contributed by atoms with Crippen molar-refractivity contribution in [3.63, 3.8) is 0 Å². The van der Waals surface area contributed by atoms with E-state index in [1.54, 1.807) is 6.92 Å². The third kappa shape index (κ3) is 5.99. The average molecular weight is 409 g/mol. The number of ether oxygens (including phenoxy) is 1. The van der Waals surface area contributed by atoms with Crippen LogP contribution >= 0.6 is 11.3 Å². The van der Waals surface area contributed by atoms with E-state index in [9.17, 15) is 9.59 Å². The molecule has 0 aliphatic carbocycles. The number of thiazole rings is 1. The Kier molecular flexibility index (Phi) is 6.77. The maximum atomic E-state index is 12.2. The second-order valence-electron chi connectivity index (χ2n) is 7.02. The van der Waals surface area contributed by atoms with Crippen LogP contribution in [0.15, 0.2) is 53.9 Å².